The van der Waals surface area contributed by atoms with Gasteiger partial charge < -0.3 is 4.90 Å². The number of carbonyl (C=O) groups is 1. The smallest absolute Gasteiger partial charge is 0.226 e. The van der Waals surface area contributed by atoms with Gasteiger partial charge in [0.25, 0.3) is 0 Å². The topological polar surface area (TPSA) is 46.1 Å². The van der Waals surface area contributed by atoms with Crippen molar-refractivity contribution < 1.29 is 4.79 Å². The van der Waals surface area contributed by atoms with Crippen molar-refractivity contribution in [3.05, 3.63) is 23.8 Å². The average Bonchev–Trinajstić information content (AvgIpc) is 2.47. The molecule has 0 saturated heterocycles. The van der Waals surface area contributed by atoms with Gasteiger partial charge in [-0.05, 0) is 25.7 Å². The summed E-state index contributed by atoms with van der Waals surface area (Å²) < 4.78 is 0. The van der Waals surface area contributed by atoms with Gasteiger partial charge in [0.2, 0.25) is 5.91 Å². The third kappa shape index (κ3) is 2.73. The van der Waals surface area contributed by atoms with Gasteiger partial charge in [-0.3, -0.25) is 14.8 Å². The maximum Gasteiger partial charge on any atom is 0.226 e. The van der Waals surface area contributed by atoms with Crippen LogP contribution in [0.2, 0.25) is 0 Å². The standard InChI is InChI=1S/C14H18ClN3O/c15-11-3-1-10(2-4-11)14(19)18-8-5-12-13(9-18)17-7-6-16-12/h6-7,10-11H,1-5,8-9H2. The minimum absolute atomic E-state index is 0.160. The van der Waals surface area contributed by atoms with Crippen LogP contribution in [0.4, 0.5) is 0 Å². The van der Waals surface area contributed by atoms with E-state index in [9.17, 15) is 4.79 Å². The minimum atomic E-state index is 0.160. The van der Waals surface area contributed by atoms with Crippen LogP contribution in [-0.4, -0.2) is 32.7 Å². The normalized spacial score (nSPS) is 26.9. The Morgan fingerprint density at radius 1 is 1.16 bits per heavy atom. The summed E-state index contributed by atoms with van der Waals surface area (Å²) >= 11 is 6.10. The predicted molar refractivity (Wildman–Crippen MR) is 72.8 cm³/mol. The molecule has 4 nitrogen and oxygen atoms in total. The Labute approximate surface area is 118 Å². The molecule has 0 radical (unpaired) electrons. The molecule has 19 heavy (non-hydrogen) atoms. The number of nitrogens with zero attached hydrogens (tertiary/aromatic N) is 3. The first-order valence-electron chi connectivity index (χ1n) is 6.95. The third-order valence-corrected chi connectivity index (χ3v) is 4.57. The summed E-state index contributed by atoms with van der Waals surface area (Å²) in [6.45, 7) is 1.38. The fraction of sp³-hybridized carbons (Fsp3) is 0.643. The van der Waals surface area contributed by atoms with Crippen molar-refractivity contribution in [1.82, 2.24) is 14.9 Å². The molecule has 1 aliphatic carbocycles. The highest BCUT2D eigenvalue weighted by Crippen LogP contribution is 2.30. The van der Waals surface area contributed by atoms with Crippen molar-refractivity contribution in [2.45, 2.75) is 44.0 Å². The number of rotatable bonds is 1. The third-order valence-electron chi connectivity index (χ3n) is 4.14. The molecule has 0 aromatic carbocycles. The summed E-state index contributed by atoms with van der Waals surface area (Å²) in [6, 6.07) is 0. The van der Waals surface area contributed by atoms with E-state index in [1.165, 1.54) is 0 Å². The van der Waals surface area contributed by atoms with Crippen molar-refractivity contribution >= 4 is 17.5 Å². The van der Waals surface area contributed by atoms with E-state index in [-0.39, 0.29) is 17.2 Å². The van der Waals surface area contributed by atoms with Crippen LogP contribution in [0.1, 0.15) is 37.1 Å². The Balaban J connectivity index is 1.66. The fourth-order valence-electron chi connectivity index (χ4n) is 2.98. The van der Waals surface area contributed by atoms with Gasteiger partial charge in [-0.25, -0.2) is 0 Å². The lowest BCUT2D eigenvalue weighted by atomic mass is 9.87. The van der Waals surface area contributed by atoms with Crippen LogP contribution in [0.3, 0.4) is 0 Å². The second-order valence-electron chi connectivity index (χ2n) is 5.41. The lowest BCUT2D eigenvalue weighted by Gasteiger charge is -2.32. The van der Waals surface area contributed by atoms with Gasteiger partial charge in [0.1, 0.15) is 0 Å². The lowest BCUT2D eigenvalue weighted by molar-refractivity contribution is -0.137. The van der Waals surface area contributed by atoms with Crippen LogP contribution in [0.5, 0.6) is 0 Å². The van der Waals surface area contributed by atoms with Crippen LogP contribution in [0.15, 0.2) is 12.4 Å². The number of carbonyl (C=O) groups excluding carboxylic acids is 1. The first kappa shape index (κ1) is 12.9. The number of fused-ring (bicyclic) bond motifs is 1. The Morgan fingerprint density at radius 3 is 2.58 bits per heavy atom. The van der Waals surface area contributed by atoms with Gasteiger partial charge >= 0.3 is 0 Å². The van der Waals surface area contributed by atoms with E-state index >= 15 is 0 Å². The van der Waals surface area contributed by atoms with Crippen molar-refractivity contribution in [2.75, 3.05) is 6.54 Å². The molecule has 1 aromatic heterocycles. The van der Waals surface area contributed by atoms with Gasteiger partial charge in [-0.15, -0.1) is 11.6 Å². The van der Waals surface area contributed by atoms with Crippen LogP contribution in [0.25, 0.3) is 0 Å². The molecular formula is C14H18ClN3O. The van der Waals surface area contributed by atoms with Crippen molar-refractivity contribution in [3.63, 3.8) is 0 Å². The van der Waals surface area contributed by atoms with Gasteiger partial charge in [0.15, 0.2) is 0 Å². The predicted octanol–water partition coefficient (Wildman–Crippen LogP) is 2.16. The first-order chi connectivity index (χ1) is 9.24. The van der Waals surface area contributed by atoms with Gasteiger partial charge in [0, 0.05) is 36.7 Å². The van der Waals surface area contributed by atoms with E-state index in [4.69, 9.17) is 11.6 Å². The van der Waals surface area contributed by atoms with Gasteiger partial charge in [-0.2, -0.15) is 0 Å². The van der Waals surface area contributed by atoms with E-state index in [1.807, 2.05) is 4.90 Å². The molecule has 102 valence electrons. The second-order valence-corrected chi connectivity index (χ2v) is 6.03. The molecule has 0 N–H and O–H groups in total. The zero-order valence-corrected chi connectivity index (χ0v) is 11.6. The highest BCUT2D eigenvalue weighted by molar-refractivity contribution is 6.20. The number of alkyl halides is 1. The molecule has 2 heterocycles. The minimum Gasteiger partial charge on any atom is -0.336 e. The zero-order valence-electron chi connectivity index (χ0n) is 10.9. The molecule has 0 atom stereocenters. The monoisotopic (exact) mass is 279 g/mol. The van der Waals surface area contributed by atoms with Gasteiger partial charge in [-0.1, -0.05) is 0 Å². The van der Waals surface area contributed by atoms with Crippen LogP contribution in [-0.2, 0) is 17.8 Å². The highest BCUT2D eigenvalue weighted by Gasteiger charge is 2.30. The van der Waals surface area contributed by atoms with Crippen LogP contribution in [0, 0.1) is 5.92 Å². The number of halogens is 1. The van der Waals surface area contributed by atoms with E-state index in [0.717, 1.165) is 50.0 Å². The van der Waals surface area contributed by atoms with Crippen molar-refractivity contribution in [3.8, 4) is 0 Å². The maximum absolute atomic E-state index is 12.5. The molecule has 5 heteroatoms. The second kappa shape index (κ2) is 5.45. The van der Waals surface area contributed by atoms with Crippen molar-refractivity contribution in [1.29, 1.82) is 0 Å². The summed E-state index contributed by atoms with van der Waals surface area (Å²) in [5, 5.41) is 0.261. The number of hydrogen-bond donors (Lipinski definition) is 0. The number of aromatic nitrogens is 2. The summed E-state index contributed by atoms with van der Waals surface area (Å²) in [7, 11) is 0. The molecular weight excluding hydrogens is 262 g/mol. The molecule has 2 aliphatic rings. The summed E-state index contributed by atoms with van der Waals surface area (Å²) in [4.78, 5) is 23.1. The summed E-state index contributed by atoms with van der Waals surface area (Å²) in [6.07, 6.45) is 8.02. The Morgan fingerprint density at radius 2 is 1.84 bits per heavy atom. The fourth-order valence-corrected chi connectivity index (χ4v) is 3.24. The van der Waals surface area contributed by atoms with Crippen LogP contribution >= 0.6 is 11.6 Å². The lowest BCUT2D eigenvalue weighted by Crippen LogP contribution is -2.41. The molecule has 1 aromatic rings. The Hall–Kier alpha value is -1.16. The SMILES string of the molecule is O=C(C1CCC(Cl)CC1)N1CCc2nccnc2C1. The largest absolute Gasteiger partial charge is 0.336 e. The first-order valence-corrected chi connectivity index (χ1v) is 7.39. The van der Waals surface area contributed by atoms with E-state index in [0.29, 0.717) is 6.54 Å². The Kier molecular flexibility index (Phi) is 3.69. The molecule has 0 unspecified atom stereocenters. The molecule has 0 bridgehead atoms. The summed E-state index contributed by atoms with van der Waals surface area (Å²) in [5.41, 5.74) is 1.99. The van der Waals surface area contributed by atoms with Crippen LogP contribution < -0.4 is 0 Å². The van der Waals surface area contributed by atoms with Gasteiger partial charge in [0.05, 0.1) is 17.9 Å². The average molecular weight is 280 g/mol. The van der Waals surface area contributed by atoms with Crippen molar-refractivity contribution in [2.24, 2.45) is 5.92 Å². The van der Waals surface area contributed by atoms with E-state index in [2.05, 4.69) is 9.97 Å². The summed E-state index contributed by atoms with van der Waals surface area (Å²) in [5.74, 6) is 0.438. The molecule has 0 spiro atoms. The molecule has 3 rings (SSSR count). The molecule has 1 aliphatic heterocycles. The molecule has 1 fully saturated rings. The highest BCUT2D eigenvalue weighted by atomic mass is 35.5. The number of hydrogen-bond acceptors (Lipinski definition) is 3. The zero-order chi connectivity index (χ0) is 13.2. The molecule has 1 saturated carbocycles. The number of amides is 1. The Bertz CT molecular complexity index is 472. The van der Waals surface area contributed by atoms with E-state index in [1.54, 1.807) is 12.4 Å². The van der Waals surface area contributed by atoms with E-state index < -0.39 is 0 Å². The maximum atomic E-state index is 12.5. The molecule has 1 amide bonds. The quantitative estimate of drug-likeness (QED) is 0.740.